The first-order chi connectivity index (χ1) is 12.9. The number of rotatable bonds is 7. The lowest BCUT2D eigenvalue weighted by molar-refractivity contribution is -0.126. The van der Waals surface area contributed by atoms with E-state index in [4.69, 9.17) is 16.3 Å². The van der Waals surface area contributed by atoms with Gasteiger partial charge in [0, 0.05) is 31.8 Å². The summed E-state index contributed by atoms with van der Waals surface area (Å²) in [6, 6.07) is 5.09. The molecule has 0 radical (unpaired) electrons. The topological polar surface area (TPSA) is 64.4 Å². The summed E-state index contributed by atoms with van der Waals surface area (Å²) >= 11 is 7.44. The van der Waals surface area contributed by atoms with Crippen LogP contribution in [0.5, 0.6) is 0 Å². The molecule has 1 aromatic carbocycles. The quantitative estimate of drug-likeness (QED) is 0.519. The molecular weight excluding hydrogens is 386 g/mol. The third-order valence-corrected chi connectivity index (χ3v) is 5.97. The molecule has 2 aromatic rings. The summed E-state index contributed by atoms with van der Waals surface area (Å²) in [5.74, 6) is 0.0788. The number of likely N-dealkylation sites (tertiary alicyclic amines) is 1. The van der Waals surface area contributed by atoms with Crippen molar-refractivity contribution in [3.63, 3.8) is 0 Å². The van der Waals surface area contributed by atoms with Gasteiger partial charge in [-0.25, -0.2) is 4.98 Å². The van der Waals surface area contributed by atoms with Gasteiger partial charge in [-0.15, -0.1) is 0 Å². The van der Waals surface area contributed by atoms with Gasteiger partial charge in [-0.05, 0) is 44.9 Å². The Bertz CT molecular complexity index is 900. The molecule has 2 heterocycles. The van der Waals surface area contributed by atoms with Crippen LogP contribution in [0.2, 0.25) is 5.02 Å². The van der Waals surface area contributed by atoms with E-state index in [1.54, 1.807) is 34.7 Å². The fourth-order valence-corrected chi connectivity index (χ4v) is 4.41. The number of carbonyl (C=O) groups excluding carboxylic acids is 1. The molecule has 0 bridgehead atoms. The molecule has 6 nitrogen and oxygen atoms in total. The van der Waals surface area contributed by atoms with E-state index in [0.717, 1.165) is 13.0 Å². The molecule has 8 heteroatoms. The molecule has 1 aromatic heterocycles. The molecule has 1 unspecified atom stereocenters. The molecule has 1 aliphatic rings. The van der Waals surface area contributed by atoms with Gasteiger partial charge in [0.05, 0.1) is 22.3 Å². The second-order valence-corrected chi connectivity index (χ2v) is 8.55. The zero-order chi connectivity index (χ0) is 19.6. The highest BCUT2D eigenvalue weighted by atomic mass is 35.5. The van der Waals surface area contributed by atoms with Crippen LogP contribution in [0.15, 0.2) is 28.2 Å². The van der Waals surface area contributed by atoms with Gasteiger partial charge in [0.25, 0.3) is 5.56 Å². The standard InChI is InChI=1S/C19H24ClN3O3S/c1-12(2)26-10-4-8-23-17(24)14-6-5-13(20)11-15(14)21-19(23)27-16-7-9-22(3)18(16)25/h5-6,11-12,16H,4,7-10H2,1-3H3. The lowest BCUT2D eigenvalue weighted by Crippen LogP contribution is -2.27. The van der Waals surface area contributed by atoms with Crippen LogP contribution < -0.4 is 5.56 Å². The van der Waals surface area contributed by atoms with Crippen molar-refractivity contribution in [1.82, 2.24) is 14.5 Å². The predicted octanol–water partition coefficient (Wildman–Crippen LogP) is 3.19. The first-order valence-corrected chi connectivity index (χ1v) is 10.4. The number of amides is 1. The van der Waals surface area contributed by atoms with E-state index in [1.807, 2.05) is 13.8 Å². The van der Waals surface area contributed by atoms with E-state index in [9.17, 15) is 9.59 Å². The molecule has 1 fully saturated rings. The van der Waals surface area contributed by atoms with Crippen LogP contribution in [0.25, 0.3) is 10.9 Å². The maximum absolute atomic E-state index is 13.0. The minimum Gasteiger partial charge on any atom is -0.379 e. The van der Waals surface area contributed by atoms with Crippen LogP contribution in [-0.4, -0.2) is 51.9 Å². The van der Waals surface area contributed by atoms with Crippen molar-refractivity contribution in [2.24, 2.45) is 0 Å². The van der Waals surface area contributed by atoms with Gasteiger partial charge in [-0.2, -0.15) is 0 Å². The van der Waals surface area contributed by atoms with E-state index >= 15 is 0 Å². The van der Waals surface area contributed by atoms with Crippen LogP contribution in [0.4, 0.5) is 0 Å². The molecule has 1 saturated heterocycles. The number of ether oxygens (including phenoxy) is 1. The summed E-state index contributed by atoms with van der Waals surface area (Å²) in [4.78, 5) is 31.7. The van der Waals surface area contributed by atoms with E-state index < -0.39 is 0 Å². The first kappa shape index (κ1) is 20.2. The van der Waals surface area contributed by atoms with Crippen LogP contribution in [0, 0.1) is 0 Å². The van der Waals surface area contributed by atoms with Crippen molar-refractivity contribution < 1.29 is 9.53 Å². The summed E-state index contributed by atoms with van der Waals surface area (Å²) in [7, 11) is 1.80. The van der Waals surface area contributed by atoms with Crippen LogP contribution in [0.3, 0.4) is 0 Å². The number of thioether (sulfide) groups is 1. The van der Waals surface area contributed by atoms with Gasteiger partial charge in [0.1, 0.15) is 0 Å². The Morgan fingerprint density at radius 2 is 2.15 bits per heavy atom. The van der Waals surface area contributed by atoms with Crippen molar-refractivity contribution in [3.05, 3.63) is 33.6 Å². The molecule has 27 heavy (non-hydrogen) atoms. The molecular formula is C19H24ClN3O3S. The minimum absolute atomic E-state index is 0.0788. The van der Waals surface area contributed by atoms with Gasteiger partial charge in [0.15, 0.2) is 5.16 Å². The number of hydrogen-bond acceptors (Lipinski definition) is 5. The van der Waals surface area contributed by atoms with Crippen molar-refractivity contribution in [2.45, 2.75) is 49.7 Å². The number of hydrogen-bond donors (Lipinski definition) is 0. The number of halogens is 1. The zero-order valence-corrected chi connectivity index (χ0v) is 17.3. The Labute approximate surface area is 167 Å². The number of carbonyl (C=O) groups is 1. The third-order valence-electron chi connectivity index (χ3n) is 4.49. The average molecular weight is 410 g/mol. The van der Waals surface area contributed by atoms with E-state index in [2.05, 4.69) is 4.98 Å². The number of benzene rings is 1. The fraction of sp³-hybridized carbons (Fsp3) is 0.526. The maximum atomic E-state index is 13.0. The van der Waals surface area contributed by atoms with E-state index in [1.165, 1.54) is 11.8 Å². The minimum atomic E-state index is -0.211. The van der Waals surface area contributed by atoms with Crippen LogP contribution >= 0.6 is 23.4 Å². The molecule has 1 atom stereocenters. The Kier molecular flexibility index (Phi) is 6.44. The fourth-order valence-electron chi connectivity index (χ4n) is 3.03. The Morgan fingerprint density at radius 1 is 1.37 bits per heavy atom. The zero-order valence-electron chi connectivity index (χ0n) is 15.8. The summed E-state index contributed by atoms with van der Waals surface area (Å²) in [5, 5.41) is 1.41. The summed E-state index contributed by atoms with van der Waals surface area (Å²) in [6.07, 6.45) is 1.60. The highest BCUT2D eigenvalue weighted by Gasteiger charge is 2.31. The summed E-state index contributed by atoms with van der Waals surface area (Å²) < 4.78 is 7.25. The predicted molar refractivity (Wildman–Crippen MR) is 109 cm³/mol. The van der Waals surface area contributed by atoms with E-state index in [0.29, 0.717) is 40.7 Å². The number of fused-ring (bicyclic) bond motifs is 1. The van der Waals surface area contributed by atoms with Gasteiger partial charge >= 0.3 is 0 Å². The molecule has 0 saturated carbocycles. The number of nitrogens with zero attached hydrogens (tertiary/aromatic N) is 3. The highest BCUT2D eigenvalue weighted by Crippen LogP contribution is 2.30. The van der Waals surface area contributed by atoms with Crippen molar-refractivity contribution in [2.75, 3.05) is 20.2 Å². The molecule has 0 aliphatic carbocycles. The summed E-state index contributed by atoms with van der Waals surface area (Å²) in [5.41, 5.74) is 0.450. The van der Waals surface area contributed by atoms with Crippen LogP contribution in [0.1, 0.15) is 26.7 Å². The highest BCUT2D eigenvalue weighted by molar-refractivity contribution is 8.00. The molecule has 1 amide bonds. The van der Waals surface area contributed by atoms with Gasteiger partial charge in [-0.1, -0.05) is 23.4 Å². The number of aromatic nitrogens is 2. The normalized spacial score (nSPS) is 17.4. The SMILES string of the molecule is CC(C)OCCCn1c(SC2CCN(C)C2=O)nc2cc(Cl)ccc2c1=O. The Morgan fingerprint density at radius 3 is 2.81 bits per heavy atom. The average Bonchev–Trinajstić information content (AvgIpc) is 2.92. The molecule has 3 rings (SSSR count). The second kappa shape index (κ2) is 8.63. The van der Waals surface area contributed by atoms with Gasteiger partial charge in [0.2, 0.25) is 5.91 Å². The Hall–Kier alpha value is -1.57. The lowest BCUT2D eigenvalue weighted by atomic mass is 10.2. The summed E-state index contributed by atoms with van der Waals surface area (Å²) in [6.45, 7) is 5.75. The van der Waals surface area contributed by atoms with Gasteiger partial charge < -0.3 is 9.64 Å². The van der Waals surface area contributed by atoms with Gasteiger partial charge in [-0.3, -0.25) is 14.2 Å². The third kappa shape index (κ3) is 4.65. The maximum Gasteiger partial charge on any atom is 0.262 e. The second-order valence-electron chi connectivity index (χ2n) is 6.94. The molecule has 1 aliphatic heterocycles. The monoisotopic (exact) mass is 409 g/mol. The first-order valence-electron chi connectivity index (χ1n) is 9.10. The Balaban J connectivity index is 1.93. The van der Waals surface area contributed by atoms with Crippen LogP contribution in [-0.2, 0) is 16.1 Å². The smallest absolute Gasteiger partial charge is 0.262 e. The largest absolute Gasteiger partial charge is 0.379 e. The molecule has 0 spiro atoms. The molecule has 0 N–H and O–H groups in total. The van der Waals surface area contributed by atoms with Crippen molar-refractivity contribution in [3.8, 4) is 0 Å². The molecule has 146 valence electrons. The lowest BCUT2D eigenvalue weighted by Gasteiger charge is -2.16. The van der Waals surface area contributed by atoms with Crippen molar-refractivity contribution in [1.29, 1.82) is 0 Å². The van der Waals surface area contributed by atoms with Crippen molar-refractivity contribution >= 4 is 40.2 Å². The van der Waals surface area contributed by atoms with E-state index in [-0.39, 0.29) is 22.8 Å².